The molecule has 1 unspecified atom stereocenters. The topological polar surface area (TPSA) is 113 Å². The van der Waals surface area contributed by atoms with Crippen LogP contribution in [0.25, 0.3) is 0 Å². The Morgan fingerprint density at radius 1 is 1.42 bits per heavy atom. The second kappa shape index (κ2) is 6.08. The number of rotatable bonds is 4. The highest BCUT2D eigenvalue weighted by molar-refractivity contribution is 6.32. The summed E-state index contributed by atoms with van der Waals surface area (Å²) < 4.78 is 0. The second-order valence-corrected chi connectivity index (χ2v) is 5.94. The van der Waals surface area contributed by atoms with Gasteiger partial charge in [-0.3, -0.25) is 24.6 Å². The molecule has 0 aromatic heterocycles. The van der Waals surface area contributed by atoms with Gasteiger partial charge in [0.05, 0.1) is 4.92 Å². The maximum atomic E-state index is 12.2. The van der Waals surface area contributed by atoms with Crippen LogP contribution in [-0.4, -0.2) is 51.7 Å². The van der Waals surface area contributed by atoms with E-state index in [1.807, 2.05) is 0 Å². The molecule has 9 nitrogen and oxygen atoms in total. The van der Waals surface area contributed by atoms with E-state index in [-0.39, 0.29) is 22.3 Å². The number of benzene rings is 1. The van der Waals surface area contributed by atoms with Crippen molar-refractivity contribution in [2.75, 3.05) is 18.4 Å². The first-order chi connectivity index (χ1) is 11.4. The number of anilines is 1. The Hall–Kier alpha value is -2.68. The molecule has 24 heavy (non-hydrogen) atoms. The third-order valence-corrected chi connectivity index (χ3v) is 4.33. The van der Waals surface area contributed by atoms with E-state index >= 15 is 0 Å². The van der Waals surface area contributed by atoms with Gasteiger partial charge in [0.15, 0.2) is 0 Å². The van der Waals surface area contributed by atoms with Crippen LogP contribution in [0.1, 0.15) is 12.8 Å². The molecule has 3 rings (SSSR count). The van der Waals surface area contributed by atoms with Crippen LogP contribution in [0.2, 0.25) is 5.02 Å². The molecule has 1 N–H and O–H groups in total. The Balaban J connectivity index is 1.68. The summed E-state index contributed by atoms with van der Waals surface area (Å²) in [5.74, 6) is -0.996. The van der Waals surface area contributed by atoms with Crippen LogP contribution in [0.4, 0.5) is 16.2 Å². The van der Waals surface area contributed by atoms with E-state index in [1.54, 1.807) is 0 Å². The number of fused-ring (bicyclic) bond motifs is 1. The van der Waals surface area contributed by atoms with E-state index < -0.39 is 29.4 Å². The summed E-state index contributed by atoms with van der Waals surface area (Å²) in [6, 6.07) is 2.87. The van der Waals surface area contributed by atoms with Crippen LogP contribution in [-0.2, 0) is 9.59 Å². The Kier molecular flexibility index (Phi) is 4.10. The summed E-state index contributed by atoms with van der Waals surface area (Å²) in [7, 11) is 0. The number of nitrogens with one attached hydrogen (secondary N) is 1. The second-order valence-electron chi connectivity index (χ2n) is 5.53. The molecule has 0 spiro atoms. The zero-order valence-corrected chi connectivity index (χ0v) is 13.2. The number of carbonyl (C=O) groups excluding carboxylic acids is 3. The van der Waals surface area contributed by atoms with Crippen LogP contribution in [0, 0.1) is 10.1 Å². The first-order valence-corrected chi connectivity index (χ1v) is 7.62. The van der Waals surface area contributed by atoms with Gasteiger partial charge in [0.2, 0.25) is 5.91 Å². The van der Waals surface area contributed by atoms with Crippen LogP contribution in [0.5, 0.6) is 0 Å². The van der Waals surface area contributed by atoms with Crippen molar-refractivity contribution in [3.63, 3.8) is 0 Å². The number of carbonyl (C=O) groups is 3. The Labute approximate surface area is 141 Å². The molecule has 0 aliphatic carbocycles. The lowest BCUT2D eigenvalue weighted by molar-refractivity contribution is -0.384. The van der Waals surface area contributed by atoms with Gasteiger partial charge in [-0.2, -0.15) is 0 Å². The fourth-order valence-corrected chi connectivity index (χ4v) is 3.09. The fourth-order valence-electron chi connectivity index (χ4n) is 2.90. The number of nitro benzene ring substituents is 1. The molecule has 1 atom stereocenters. The van der Waals surface area contributed by atoms with E-state index in [0.29, 0.717) is 13.0 Å². The molecule has 1 aromatic carbocycles. The molecule has 0 radical (unpaired) electrons. The van der Waals surface area contributed by atoms with Gasteiger partial charge in [0.25, 0.3) is 11.6 Å². The average molecular weight is 353 g/mol. The Morgan fingerprint density at radius 2 is 2.17 bits per heavy atom. The van der Waals surface area contributed by atoms with Crippen molar-refractivity contribution < 1.29 is 19.3 Å². The lowest BCUT2D eigenvalue weighted by atomic mass is 10.2. The molecule has 126 valence electrons. The number of imide groups is 1. The first-order valence-electron chi connectivity index (χ1n) is 7.24. The molecular weight excluding hydrogens is 340 g/mol. The van der Waals surface area contributed by atoms with Gasteiger partial charge in [-0.05, 0) is 25.0 Å². The molecule has 2 aliphatic heterocycles. The fraction of sp³-hybridized carbons (Fsp3) is 0.357. The van der Waals surface area contributed by atoms with Gasteiger partial charge in [-0.1, -0.05) is 11.6 Å². The standard InChI is InChI=1S/C14H13ClN4O5/c15-9-4-3-8(6-11(9)19(23)24)16-12(20)7-18-13(21)10-2-1-5-17(10)14(18)22/h3-4,6,10H,1-2,5,7H2,(H,16,20). The highest BCUT2D eigenvalue weighted by Crippen LogP contribution is 2.28. The van der Waals surface area contributed by atoms with E-state index in [9.17, 15) is 24.5 Å². The van der Waals surface area contributed by atoms with Gasteiger partial charge in [-0.15, -0.1) is 0 Å². The summed E-state index contributed by atoms with van der Waals surface area (Å²) in [4.78, 5) is 48.9. The van der Waals surface area contributed by atoms with E-state index in [1.165, 1.54) is 17.0 Å². The largest absolute Gasteiger partial charge is 0.327 e. The van der Waals surface area contributed by atoms with Crippen LogP contribution < -0.4 is 5.32 Å². The van der Waals surface area contributed by atoms with Crippen LogP contribution in [0.3, 0.4) is 0 Å². The summed E-state index contributed by atoms with van der Waals surface area (Å²) in [5, 5.41) is 13.2. The molecule has 2 aliphatic rings. The Morgan fingerprint density at radius 3 is 2.83 bits per heavy atom. The van der Waals surface area contributed by atoms with Crippen molar-refractivity contribution in [2.24, 2.45) is 0 Å². The molecule has 2 heterocycles. The minimum atomic E-state index is -0.667. The zero-order chi connectivity index (χ0) is 17.4. The Bertz CT molecular complexity index is 731. The molecule has 2 saturated heterocycles. The smallest absolute Gasteiger partial charge is 0.324 e. The third kappa shape index (κ3) is 2.78. The van der Waals surface area contributed by atoms with Gasteiger partial charge < -0.3 is 10.2 Å². The molecule has 0 bridgehead atoms. The van der Waals surface area contributed by atoms with Crippen molar-refractivity contribution in [1.82, 2.24) is 9.80 Å². The summed E-state index contributed by atoms with van der Waals surface area (Å²) in [6.07, 6.45) is 1.38. The number of halogens is 1. The monoisotopic (exact) mass is 352 g/mol. The quantitative estimate of drug-likeness (QED) is 0.502. The molecular formula is C14H13ClN4O5. The molecule has 0 saturated carbocycles. The van der Waals surface area contributed by atoms with Crippen molar-refractivity contribution in [2.45, 2.75) is 18.9 Å². The first kappa shape index (κ1) is 16.2. The number of nitrogens with zero attached hydrogens (tertiary/aromatic N) is 3. The zero-order valence-electron chi connectivity index (χ0n) is 12.4. The SMILES string of the molecule is O=C(CN1C(=O)C2CCCN2C1=O)Nc1ccc(Cl)c([N+](=O)[O-])c1. The van der Waals surface area contributed by atoms with Gasteiger partial charge in [-0.25, -0.2) is 4.79 Å². The minimum Gasteiger partial charge on any atom is -0.324 e. The van der Waals surface area contributed by atoms with Gasteiger partial charge in [0, 0.05) is 18.3 Å². The number of nitro groups is 1. The predicted molar refractivity (Wildman–Crippen MR) is 83.6 cm³/mol. The molecule has 2 fully saturated rings. The third-order valence-electron chi connectivity index (χ3n) is 4.01. The van der Waals surface area contributed by atoms with E-state index in [4.69, 9.17) is 11.6 Å². The van der Waals surface area contributed by atoms with E-state index in [2.05, 4.69) is 5.32 Å². The number of urea groups is 1. The lowest BCUT2D eigenvalue weighted by Crippen LogP contribution is -2.39. The van der Waals surface area contributed by atoms with Crippen LogP contribution in [0.15, 0.2) is 18.2 Å². The number of hydrogen-bond acceptors (Lipinski definition) is 5. The number of amides is 4. The predicted octanol–water partition coefficient (Wildman–Crippen LogP) is 1.61. The maximum absolute atomic E-state index is 12.2. The average Bonchev–Trinajstić information content (AvgIpc) is 3.09. The van der Waals surface area contributed by atoms with Crippen molar-refractivity contribution >= 4 is 40.8 Å². The summed E-state index contributed by atoms with van der Waals surface area (Å²) >= 11 is 5.70. The van der Waals surface area contributed by atoms with Crippen molar-refractivity contribution in [1.29, 1.82) is 0 Å². The van der Waals surface area contributed by atoms with E-state index in [0.717, 1.165) is 17.4 Å². The van der Waals surface area contributed by atoms with Crippen LogP contribution >= 0.6 is 11.6 Å². The van der Waals surface area contributed by atoms with Crippen molar-refractivity contribution in [3.8, 4) is 0 Å². The highest BCUT2D eigenvalue weighted by Gasteiger charge is 2.47. The maximum Gasteiger partial charge on any atom is 0.327 e. The summed E-state index contributed by atoms with van der Waals surface area (Å²) in [5.41, 5.74) is -0.181. The lowest BCUT2D eigenvalue weighted by Gasteiger charge is -2.15. The van der Waals surface area contributed by atoms with Crippen molar-refractivity contribution in [3.05, 3.63) is 33.3 Å². The minimum absolute atomic E-state index is 0.0523. The van der Waals surface area contributed by atoms with Gasteiger partial charge in [0.1, 0.15) is 17.6 Å². The number of hydrogen-bond donors (Lipinski definition) is 1. The normalized spacial score (nSPS) is 19.6. The molecule has 4 amide bonds. The van der Waals surface area contributed by atoms with Gasteiger partial charge >= 0.3 is 6.03 Å². The molecule has 1 aromatic rings. The summed E-state index contributed by atoms with van der Waals surface area (Å²) in [6.45, 7) is 0.0812. The highest BCUT2D eigenvalue weighted by atomic mass is 35.5. The molecule has 10 heteroatoms.